The SMILES string of the molecule is OB(O)O.OB(O)O.OB(O)O.OB(O)O.[Zn].[Zn].[Zn].[Zn].[Zn]. The second kappa shape index (κ2) is 49.5. The van der Waals surface area contributed by atoms with E-state index in [0.29, 0.717) is 0 Å². The van der Waals surface area contributed by atoms with E-state index in [1.807, 2.05) is 0 Å². The van der Waals surface area contributed by atoms with Crippen LogP contribution in [-0.4, -0.2) is 89.6 Å². The molecule has 0 aromatic carbocycles. The van der Waals surface area contributed by atoms with Gasteiger partial charge in [0.2, 0.25) is 0 Å². The Labute approximate surface area is 185 Å². The second-order valence-corrected chi connectivity index (χ2v) is 1.39. The molecule has 21 heteroatoms. The Morgan fingerprint density at radius 2 is 0.238 bits per heavy atom. The number of hydrogen-bond acceptors (Lipinski definition) is 12. The van der Waals surface area contributed by atoms with Gasteiger partial charge in [0.25, 0.3) is 0 Å². The predicted molar refractivity (Wildman–Crippen MR) is 49.6 cm³/mol. The van der Waals surface area contributed by atoms with E-state index in [-0.39, 0.29) is 97.4 Å². The van der Waals surface area contributed by atoms with Crippen LogP contribution in [0.15, 0.2) is 0 Å². The van der Waals surface area contributed by atoms with Crippen molar-refractivity contribution in [1.82, 2.24) is 0 Å². The van der Waals surface area contributed by atoms with Gasteiger partial charge in [0.1, 0.15) is 0 Å². The predicted octanol–water partition coefficient (Wildman–Crippen LogP) is -8.22. The minimum atomic E-state index is -2.17. The van der Waals surface area contributed by atoms with Gasteiger partial charge in [-0.25, -0.2) is 0 Å². The summed E-state index contributed by atoms with van der Waals surface area (Å²) in [6.45, 7) is 0. The standard InChI is InChI=1S/4BH3O3.5Zn/c4*2-1(3)4;;;;;/h4*2-4H;;;;;. The van der Waals surface area contributed by atoms with E-state index in [4.69, 9.17) is 60.3 Å². The Morgan fingerprint density at radius 3 is 0.238 bits per heavy atom. The van der Waals surface area contributed by atoms with Crippen molar-refractivity contribution in [3.8, 4) is 0 Å². The summed E-state index contributed by atoms with van der Waals surface area (Å²) in [6, 6.07) is 0. The maximum absolute atomic E-state index is 7.17. The van der Waals surface area contributed by atoms with Crippen LogP contribution in [0.3, 0.4) is 0 Å². The molecule has 12 nitrogen and oxygen atoms in total. The first kappa shape index (κ1) is 56.5. The van der Waals surface area contributed by atoms with E-state index < -0.39 is 29.3 Å². The molecule has 0 rings (SSSR count). The van der Waals surface area contributed by atoms with Crippen LogP contribution in [0.25, 0.3) is 0 Å². The molecule has 0 radical (unpaired) electrons. The molecular formula is H12B4O12Zn5. The molecule has 106 valence electrons. The van der Waals surface area contributed by atoms with Gasteiger partial charge in [-0.05, 0) is 0 Å². The smallest absolute Gasteiger partial charge is 0.402 e. The number of rotatable bonds is 0. The summed E-state index contributed by atoms with van der Waals surface area (Å²) in [5.74, 6) is 0. The largest absolute Gasteiger partial charge is 0.631 e. The van der Waals surface area contributed by atoms with Gasteiger partial charge in [0.15, 0.2) is 0 Å². The molecule has 0 bridgehead atoms. The summed E-state index contributed by atoms with van der Waals surface area (Å²) in [7, 11) is -8.67. The van der Waals surface area contributed by atoms with Crippen molar-refractivity contribution in [3.63, 3.8) is 0 Å². The van der Waals surface area contributed by atoms with Crippen LogP contribution in [0.4, 0.5) is 0 Å². The van der Waals surface area contributed by atoms with Gasteiger partial charge in [0, 0.05) is 97.4 Å². The average molecular weight is 574 g/mol. The second-order valence-electron chi connectivity index (χ2n) is 1.39. The molecule has 0 spiro atoms. The van der Waals surface area contributed by atoms with Crippen LogP contribution in [0.5, 0.6) is 0 Å². The monoisotopic (exact) mass is 568 g/mol. The Hall–Kier alpha value is 2.90. The van der Waals surface area contributed by atoms with Gasteiger partial charge in [-0.15, -0.1) is 0 Å². The number of hydrogen-bond donors (Lipinski definition) is 12. The van der Waals surface area contributed by atoms with E-state index in [1.54, 1.807) is 0 Å². The normalized spacial score (nSPS) is 5.14. The van der Waals surface area contributed by atoms with Crippen LogP contribution in [0.2, 0.25) is 0 Å². The summed E-state index contributed by atoms with van der Waals surface area (Å²) in [6.07, 6.45) is 0. The fourth-order valence-electron chi connectivity index (χ4n) is 0. The molecule has 12 N–H and O–H groups in total. The Kier molecular flexibility index (Phi) is 133. The maximum atomic E-state index is 7.17. The Morgan fingerprint density at radius 1 is 0.238 bits per heavy atom. The molecule has 0 aliphatic heterocycles. The van der Waals surface area contributed by atoms with Crippen LogP contribution in [-0.2, 0) is 97.4 Å². The fourth-order valence-corrected chi connectivity index (χ4v) is 0. The Bertz CT molecular complexity index is 72.6. The van der Waals surface area contributed by atoms with Crippen molar-refractivity contribution in [3.05, 3.63) is 0 Å². The van der Waals surface area contributed by atoms with Crippen LogP contribution < -0.4 is 0 Å². The maximum Gasteiger partial charge on any atom is 0.631 e. The third-order valence-electron chi connectivity index (χ3n) is 0. The zero-order valence-electron chi connectivity index (χ0n) is 11.2. The molecule has 0 saturated heterocycles. The molecule has 0 unspecified atom stereocenters. The first-order valence-corrected chi connectivity index (χ1v) is 3.10. The molecule has 0 aromatic rings. The molecule has 0 saturated carbocycles. The Balaban J connectivity index is -0.0000000121. The van der Waals surface area contributed by atoms with Gasteiger partial charge in [-0.1, -0.05) is 0 Å². The molecule has 0 heterocycles. The average Bonchev–Trinajstić information content (AvgIpc) is 1.76. The van der Waals surface area contributed by atoms with Gasteiger partial charge in [0.05, 0.1) is 0 Å². The van der Waals surface area contributed by atoms with E-state index in [1.165, 1.54) is 0 Å². The quantitative estimate of drug-likeness (QED) is 0.121. The third-order valence-corrected chi connectivity index (χ3v) is 0. The third kappa shape index (κ3) is 1190. The minimum Gasteiger partial charge on any atom is -0.402 e. The fraction of sp³-hybridized carbons (Fsp3) is 0. The van der Waals surface area contributed by atoms with Crippen LogP contribution in [0, 0.1) is 0 Å². The van der Waals surface area contributed by atoms with E-state index in [0.717, 1.165) is 0 Å². The van der Waals surface area contributed by atoms with Crippen molar-refractivity contribution in [2.75, 3.05) is 0 Å². The van der Waals surface area contributed by atoms with Crippen molar-refractivity contribution in [2.45, 2.75) is 0 Å². The summed E-state index contributed by atoms with van der Waals surface area (Å²) in [4.78, 5) is 0. The van der Waals surface area contributed by atoms with E-state index >= 15 is 0 Å². The molecule has 21 heavy (non-hydrogen) atoms. The van der Waals surface area contributed by atoms with Gasteiger partial charge < -0.3 is 60.3 Å². The minimum absolute atomic E-state index is 0. The van der Waals surface area contributed by atoms with Gasteiger partial charge in [-0.3, -0.25) is 0 Å². The molecular weight excluding hydrogens is 562 g/mol. The van der Waals surface area contributed by atoms with Crippen molar-refractivity contribution in [1.29, 1.82) is 0 Å². The zero-order valence-corrected chi connectivity index (χ0v) is 26.0. The topological polar surface area (TPSA) is 243 Å². The molecule has 0 aromatic heterocycles. The van der Waals surface area contributed by atoms with Crippen LogP contribution >= 0.6 is 0 Å². The summed E-state index contributed by atoms with van der Waals surface area (Å²) in [5.41, 5.74) is 0. The summed E-state index contributed by atoms with van der Waals surface area (Å²) >= 11 is 0. The van der Waals surface area contributed by atoms with Gasteiger partial charge >= 0.3 is 29.3 Å². The van der Waals surface area contributed by atoms with Crippen molar-refractivity contribution < 1.29 is 158 Å². The van der Waals surface area contributed by atoms with E-state index in [2.05, 4.69) is 0 Å². The molecule has 0 aliphatic carbocycles. The van der Waals surface area contributed by atoms with Gasteiger partial charge in [-0.2, -0.15) is 0 Å². The summed E-state index contributed by atoms with van der Waals surface area (Å²) in [5, 5.41) is 86.0. The van der Waals surface area contributed by atoms with Crippen molar-refractivity contribution in [2.24, 2.45) is 0 Å². The van der Waals surface area contributed by atoms with E-state index in [9.17, 15) is 0 Å². The first-order valence-electron chi connectivity index (χ1n) is 3.10. The van der Waals surface area contributed by atoms with Crippen LogP contribution in [0.1, 0.15) is 0 Å². The first-order chi connectivity index (χ1) is 6.93. The molecule has 0 atom stereocenters. The van der Waals surface area contributed by atoms with Crippen molar-refractivity contribution >= 4 is 29.3 Å². The molecule has 0 aliphatic rings. The zero-order chi connectivity index (χ0) is 14.3. The molecule has 0 amide bonds. The molecule has 0 fully saturated rings. The summed E-state index contributed by atoms with van der Waals surface area (Å²) < 4.78 is 0.